The van der Waals surface area contributed by atoms with Crippen molar-refractivity contribution in [3.05, 3.63) is 24.3 Å². The molecule has 1 aliphatic heterocycles. The van der Waals surface area contributed by atoms with Crippen LogP contribution in [-0.2, 0) is 4.79 Å². The first kappa shape index (κ1) is 13.7. The Labute approximate surface area is 114 Å². The Bertz CT molecular complexity index is 463. The van der Waals surface area contributed by atoms with E-state index in [0.717, 1.165) is 24.5 Å². The zero-order valence-corrected chi connectivity index (χ0v) is 11.5. The molecule has 0 spiro atoms. The minimum Gasteiger partial charge on any atom is -0.397 e. The van der Waals surface area contributed by atoms with Gasteiger partial charge in [-0.1, -0.05) is 12.1 Å². The predicted molar refractivity (Wildman–Crippen MR) is 77.9 cm³/mol. The molecule has 0 aliphatic carbocycles. The van der Waals surface area contributed by atoms with E-state index in [9.17, 15) is 4.79 Å². The Hall–Kier alpha value is -1.75. The fourth-order valence-corrected chi connectivity index (χ4v) is 2.70. The van der Waals surface area contributed by atoms with E-state index in [-0.39, 0.29) is 11.9 Å². The van der Waals surface area contributed by atoms with E-state index >= 15 is 0 Å². The standard InChI is InChI=1S/C14H22N4O/c1-10-8-18(13-6-4-3-5-12(13)15)11(2)7-17(10)9-14(16)19/h3-6,10-11H,7-9,15H2,1-2H3,(H2,16,19)/t10-,11+/m1/s1. The maximum absolute atomic E-state index is 11.1. The highest BCUT2D eigenvalue weighted by Gasteiger charge is 2.30. The van der Waals surface area contributed by atoms with Crippen LogP contribution in [0.15, 0.2) is 24.3 Å². The summed E-state index contributed by atoms with van der Waals surface area (Å²) >= 11 is 0. The monoisotopic (exact) mass is 262 g/mol. The van der Waals surface area contributed by atoms with E-state index in [0.29, 0.717) is 12.6 Å². The summed E-state index contributed by atoms with van der Waals surface area (Å²) in [6.07, 6.45) is 0. The van der Waals surface area contributed by atoms with Gasteiger partial charge >= 0.3 is 0 Å². The van der Waals surface area contributed by atoms with E-state index in [1.165, 1.54) is 0 Å². The van der Waals surface area contributed by atoms with Crippen molar-refractivity contribution >= 4 is 17.3 Å². The summed E-state index contributed by atoms with van der Waals surface area (Å²) in [5.41, 5.74) is 13.2. The van der Waals surface area contributed by atoms with Crippen molar-refractivity contribution in [3.8, 4) is 0 Å². The van der Waals surface area contributed by atoms with Gasteiger partial charge in [-0.05, 0) is 26.0 Å². The summed E-state index contributed by atoms with van der Waals surface area (Å²) in [7, 11) is 0. The van der Waals surface area contributed by atoms with E-state index in [1.54, 1.807) is 0 Å². The maximum atomic E-state index is 11.1. The van der Waals surface area contributed by atoms with Gasteiger partial charge in [0, 0.05) is 25.2 Å². The predicted octanol–water partition coefficient (Wildman–Crippen LogP) is 0.653. The number of carbonyl (C=O) groups excluding carboxylic acids is 1. The molecule has 5 nitrogen and oxygen atoms in total. The fourth-order valence-electron chi connectivity index (χ4n) is 2.70. The number of rotatable bonds is 3. The Morgan fingerprint density at radius 2 is 1.95 bits per heavy atom. The highest BCUT2D eigenvalue weighted by Crippen LogP contribution is 2.28. The molecule has 2 rings (SSSR count). The Morgan fingerprint density at radius 3 is 2.58 bits per heavy atom. The topological polar surface area (TPSA) is 75.6 Å². The number of hydrogen-bond acceptors (Lipinski definition) is 4. The third kappa shape index (κ3) is 2.98. The van der Waals surface area contributed by atoms with Gasteiger partial charge in [-0.3, -0.25) is 9.69 Å². The van der Waals surface area contributed by atoms with Gasteiger partial charge in [0.2, 0.25) is 5.91 Å². The Balaban J connectivity index is 2.14. The molecule has 5 heteroatoms. The number of anilines is 2. The van der Waals surface area contributed by atoms with Crippen molar-refractivity contribution in [3.63, 3.8) is 0 Å². The Kier molecular flexibility index (Phi) is 3.95. The van der Waals surface area contributed by atoms with Gasteiger partial charge in [0.15, 0.2) is 0 Å². The first-order valence-electron chi connectivity index (χ1n) is 6.62. The van der Waals surface area contributed by atoms with Crippen molar-refractivity contribution in [2.75, 3.05) is 30.3 Å². The van der Waals surface area contributed by atoms with Crippen LogP contribution >= 0.6 is 0 Å². The number of benzene rings is 1. The van der Waals surface area contributed by atoms with Crippen LogP contribution in [0.25, 0.3) is 0 Å². The van der Waals surface area contributed by atoms with Gasteiger partial charge in [0.25, 0.3) is 0 Å². The summed E-state index contributed by atoms with van der Waals surface area (Å²) < 4.78 is 0. The summed E-state index contributed by atoms with van der Waals surface area (Å²) in [5, 5.41) is 0. The van der Waals surface area contributed by atoms with Crippen LogP contribution < -0.4 is 16.4 Å². The number of nitrogen functional groups attached to an aromatic ring is 1. The van der Waals surface area contributed by atoms with Crippen LogP contribution in [0.3, 0.4) is 0 Å². The van der Waals surface area contributed by atoms with E-state index < -0.39 is 0 Å². The van der Waals surface area contributed by atoms with E-state index in [1.807, 2.05) is 24.3 Å². The third-order valence-corrected chi connectivity index (χ3v) is 3.72. The molecule has 1 aromatic rings. The molecule has 1 fully saturated rings. The average molecular weight is 262 g/mol. The van der Waals surface area contributed by atoms with Crippen LogP contribution in [0.5, 0.6) is 0 Å². The third-order valence-electron chi connectivity index (χ3n) is 3.72. The van der Waals surface area contributed by atoms with Crippen LogP contribution in [0, 0.1) is 0 Å². The van der Waals surface area contributed by atoms with Gasteiger partial charge in [0.1, 0.15) is 0 Å². The largest absolute Gasteiger partial charge is 0.397 e. The molecule has 1 aliphatic rings. The molecule has 4 N–H and O–H groups in total. The van der Waals surface area contributed by atoms with Gasteiger partial charge in [0.05, 0.1) is 17.9 Å². The van der Waals surface area contributed by atoms with E-state index in [4.69, 9.17) is 11.5 Å². The molecule has 0 radical (unpaired) electrons. The zero-order valence-electron chi connectivity index (χ0n) is 11.5. The highest BCUT2D eigenvalue weighted by atomic mass is 16.1. The van der Waals surface area contributed by atoms with Gasteiger partial charge in [-0.15, -0.1) is 0 Å². The highest BCUT2D eigenvalue weighted by molar-refractivity contribution is 5.76. The van der Waals surface area contributed by atoms with Crippen molar-refractivity contribution in [1.82, 2.24) is 4.90 Å². The molecule has 0 unspecified atom stereocenters. The number of amides is 1. The second kappa shape index (κ2) is 5.48. The first-order chi connectivity index (χ1) is 8.99. The second-order valence-corrected chi connectivity index (χ2v) is 5.30. The molecule has 0 saturated carbocycles. The summed E-state index contributed by atoms with van der Waals surface area (Å²) in [4.78, 5) is 15.5. The maximum Gasteiger partial charge on any atom is 0.231 e. The molecule has 1 saturated heterocycles. The van der Waals surface area contributed by atoms with Gasteiger partial charge < -0.3 is 16.4 Å². The number of hydrogen-bond donors (Lipinski definition) is 2. The van der Waals surface area contributed by atoms with Crippen molar-refractivity contribution in [1.29, 1.82) is 0 Å². The van der Waals surface area contributed by atoms with Crippen LogP contribution in [-0.4, -0.2) is 42.5 Å². The normalized spacial score (nSPS) is 24.4. The molecular weight excluding hydrogens is 240 g/mol. The minimum atomic E-state index is -0.272. The summed E-state index contributed by atoms with van der Waals surface area (Å²) in [6, 6.07) is 8.49. The van der Waals surface area contributed by atoms with Gasteiger partial charge in [-0.25, -0.2) is 0 Å². The molecule has 0 aromatic heterocycles. The number of nitrogens with two attached hydrogens (primary N) is 2. The molecule has 19 heavy (non-hydrogen) atoms. The lowest BCUT2D eigenvalue weighted by molar-refractivity contribution is -0.119. The average Bonchev–Trinajstić information content (AvgIpc) is 2.34. The summed E-state index contributed by atoms with van der Waals surface area (Å²) in [5.74, 6) is -0.272. The quantitative estimate of drug-likeness (QED) is 0.784. The minimum absolute atomic E-state index is 0.272. The summed E-state index contributed by atoms with van der Waals surface area (Å²) in [6.45, 7) is 6.25. The molecule has 0 bridgehead atoms. The van der Waals surface area contributed by atoms with Crippen LogP contribution in [0.1, 0.15) is 13.8 Å². The molecule has 104 valence electrons. The smallest absolute Gasteiger partial charge is 0.231 e. The lowest BCUT2D eigenvalue weighted by Crippen LogP contribution is -2.58. The molecule has 1 aromatic carbocycles. The number of primary amides is 1. The Morgan fingerprint density at radius 1 is 1.26 bits per heavy atom. The second-order valence-electron chi connectivity index (χ2n) is 5.30. The number of piperazine rings is 1. The fraction of sp³-hybridized carbons (Fsp3) is 0.500. The van der Waals surface area contributed by atoms with Crippen molar-refractivity contribution in [2.45, 2.75) is 25.9 Å². The van der Waals surface area contributed by atoms with E-state index in [2.05, 4.69) is 23.6 Å². The molecule has 1 heterocycles. The number of para-hydroxylation sites is 2. The SMILES string of the molecule is C[C@@H]1CN(c2ccccc2N)[C@@H](C)CN1CC(N)=O. The number of nitrogens with zero attached hydrogens (tertiary/aromatic N) is 2. The molecule has 2 atom stereocenters. The van der Waals surface area contributed by atoms with Crippen LogP contribution in [0.4, 0.5) is 11.4 Å². The van der Waals surface area contributed by atoms with Crippen molar-refractivity contribution < 1.29 is 4.79 Å². The van der Waals surface area contributed by atoms with Gasteiger partial charge in [-0.2, -0.15) is 0 Å². The molecular formula is C14H22N4O. The molecule has 1 amide bonds. The lowest BCUT2D eigenvalue weighted by Gasteiger charge is -2.45. The lowest BCUT2D eigenvalue weighted by atomic mass is 10.1. The number of carbonyl (C=O) groups is 1. The zero-order chi connectivity index (χ0) is 14.0. The van der Waals surface area contributed by atoms with Crippen molar-refractivity contribution in [2.24, 2.45) is 5.73 Å². The van der Waals surface area contributed by atoms with Crippen LogP contribution in [0.2, 0.25) is 0 Å². The first-order valence-corrected chi connectivity index (χ1v) is 6.62.